The number of carbonyl (C=O) groups is 9. The maximum atomic E-state index is 14.0. The van der Waals surface area contributed by atoms with Gasteiger partial charge in [0.1, 0.15) is 53.4 Å². The second-order valence-corrected chi connectivity index (χ2v) is 22.4. The van der Waals surface area contributed by atoms with Gasteiger partial charge in [-0.25, -0.2) is 9.78 Å². The number of primary amides is 1. The van der Waals surface area contributed by atoms with Crippen LogP contribution in [0.3, 0.4) is 0 Å². The van der Waals surface area contributed by atoms with E-state index >= 15 is 0 Å². The molecule has 3 aromatic rings. The zero-order valence-electron chi connectivity index (χ0n) is 48.5. The lowest BCUT2D eigenvalue weighted by Gasteiger charge is -2.28. The van der Waals surface area contributed by atoms with Gasteiger partial charge in [0, 0.05) is 43.2 Å². The fraction of sp³-hybridized carbons (Fsp3) is 0.586. The molecule has 22 nitrogen and oxygen atoms in total. The topological polar surface area (TPSA) is 322 Å². The van der Waals surface area contributed by atoms with Crippen LogP contribution in [0.4, 0.5) is 0 Å². The van der Waals surface area contributed by atoms with Crippen molar-refractivity contribution in [3.8, 4) is 17.4 Å². The maximum absolute atomic E-state index is 14.0. The van der Waals surface area contributed by atoms with E-state index < -0.39 is 89.2 Å². The molecule has 6 atom stereocenters. The number of methoxy groups -OCH3 is 1. The Morgan fingerprint density at radius 2 is 1.14 bits per heavy atom. The average molecular weight is 1120 g/mol. The number of nitrogens with two attached hydrogens (primary N) is 1. The highest BCUT2D eigenvalue weighted by Crippen LogP contribution is 2.23. The van der Waals surface area contributed by atoms with Crippen molar-refractivity contribution in [2.24, 2.45) is 29.4 Å². The van der Waals surface area contributed by atoms with Gasteiger partial charge in [0.05, 0.1) is 25.8 Å². The van der Waals surface area contributed by atoms with Crippen LogP contribution in [0.25, 0.3) is 10.9 Å². The largest absolute Gasteiger partial charge is 0.508 e. The number of aromatic hydroxyl groups is 1. The average Bonchev–Trinajstić information content (AvgIpc) is 3.37. The minimum atomic E-state index is -1.32. The van der Waals surface area contributed by atoms with Gasteiger partial charge in [-0.15, -0.1) is 0 Å². The quantitative estimate of drug-likeness (QED) is 0.0305. The number of phenols is 1. The van der Waals surface area contributed by atoms with Gasteiger partial charge in [0.25, 0.3) is 0 Å². The van der Waals surface area contributed by atoms with Crippen LogP contribution in [0.15, 0.2) is 54.6 Å². The van der Waals surface area contributed by atoms with Crippen LogP contribution in [0.1, 0.15) is 133 Å². The number of rotatable bonds is 33. The monoisotopic (exact) mass is 1120 g/mol. The summed E-state index contributed by atoms with van der Waals surface area (Å²) in [6, 6.07) is 8.47. The van der Waals surface area contributed by atoms with Gasteiger partial charge in [0.15, 0.2) is 0 Å². The first-order valence-electron chi connectivity index (χ1n) is 27.4. The Morgan fingerprint density at radius 3 is 1.71 bits per heavy atom. The highest BCUT2D eigenvalue weighted by atomic mass is 16.6. The summed E-state index contributed by atoms with van der Waals surface area (Å²) in [5.74, 6) is -5.21. The standard InChI is InChI=1S/C58H86N8O14/c1-33(2)29-43(52(59)71)63-53(72)41(24-26-49(70)80-58(9,10)11)62-54(73)45(31-37-17-21-39(67)22-18-37)60-46(68)15-13-27-78-40-23-19-38-20-25-48(61-42(38)32-40)79-28-14-16-47(69)65-50(35(5)6)56(75)64-44(30-34(3)4)55(74)66-51(36(7)8)57(76)77-12/h17-23,25,32-36,41,43-45,50-51,67H,13-16,24,26-31H2,1-12H3,(H2,59,71)(H,60,68)(H,62,73)(H,63,72)(H,64,75)(H,65,69)(H,66,74)/t41-,43-,44-,45-,50-,51-/m0/s1. The van der Waals surface area contributed by atoms with Gasteiger partial charge >= 0.3 is 11.9 Å². The molecular weight excluding hydrogens is 1030 g/mol. The number of phenolic OH excluding ortho intramolecular Hbond substituents is 1. The molecule has 1 aromatic heterocycles. The molecule has 0 saturated heterocycles. The van der Waals surface area contributed by atoms with Crippen molar-refractivity contribution < 1.29 is 67.2 Å². The minimum Gasteiger partial charge on any atom is -0.508 e. The minimum absolute atomic E-state index is 0.00550. The Balaban J connectivity index is 1.61. The van der Waals surface area contributed by atoms with Crippen molar-refractivity contribution >= 4 is 64.2 Å². The van der Waals surface area contributed by atoms with Crippen molar-refractivity contribution in [2.45, 2.75) is 176 Å². The van der Waals surface area contributed by atoms with Crippen LogP contribution < -0.4 is 47.1 Å². The molecule has 0 unspecified atom stereocenters. The van der Waals surface area contributed by atoms with Crippen molar-refractivity contribution in [3.05, 3.63) is 60.2 Å². The molecule has 22 heteroatoms. The fourth-order valence-corrected chi connectivity index (χ4v) is 8.23. The zero-order valence-corrected chi connectivity index (χ0v) is 48.5. The number of benzene rings is 2. The lowest BCUT2D eigenvalue weighted by atomic mass is 9.98. The van der Waals surface area contributed by atoms with E-state index in [0.29, 0.717) is 35.6 Å². The maximum Gasteiger partial charge on any atom is 0.328 e. The number of carbonyl (C=O) groups excluding carboxylic acids is 9. The van der Waals surface area contributed by atoms with Gasteiger partial charge in [-0.05, 0) is 112 Å². The summed E-state index contributed by atoms with van der Waals surface area (Å²) in [7, 11) is 1.24. The highest BCUT2D eigenvalue weighted by Gasteiger charge is 2.34. The molecule has 0 fully saturated rings. The summed E-state index contributed by atoms with van der Waals surface area (Å²) < 4.78 is 22.1. The summed E-state index contributed by atoms with van der Waals surface area (Å²) in [6.45, 7) is 19.9. The van der Waals surface area contributed by atoms with Crippen LogP contribution in [0, 0.1) is 23.7 Å². The van der Waals surface area contributed by atoms with Crippen LogP contribution in [-0.4, -0.2) is 126 Å². The smallest absolute Gasteiger partial charge is 0.328 e. The second kappa shape index (κ2) is 32.5. The van der Waals surface area contributed by atoms with Crippen LogP contribution in [0.2, 0.25) is 0 Å². The van der Waals surface area contributed by atoms with Gasteiger partial charge in [-0.1, -0.05) is 67.5 Å². The molecule has 80 heavy (non-hydrogen) atoms. The van der Waals surface area contributed by atoms with E-state index in [0.717, 1.165) is 5.39 Å². The molecule has 9 N–H and O–H groups in total. The molecule has 7 amide bonds. The third kappa shape index (κ3) is 24.2. The number of fused-ring (bicyclic) bond motifs is 1. The van der Waals surface area contributed by atoms with Crippen LogP contribution in [-0.2, 0) is 59.0 Å². The van der Waals surface area contributed by atoms with Crippen LogP contribution >= 0.6 is 0 Å². The van der Waals surface area contributed by atoms with Gasteiger partial charge < -0.3 is 61.7 Å². The zero-order chi connectivity index (χ0) is 59.9. The molecular formula is C58H86N8O14. The number of ether oxygens (including phenoxy) is 4. The Hall–Kier alpha value is -7.52. The number of aromatic nitrogens is 1. The van der Waals surface area contributed by atoms with Gasteiger partial charge in [-0.2, -0.15) is 0 Å². The Bertz CT molecular complexity index is 2560. The molecule has 0 aliphatic heterocycles. The number of esters is 2. The van der Waals surface area contributed by atoms with Crippen molar-refractivity contribution in [2.75, 3.05) is 20.3 Å². The van der Waals surface area contributed by atoms with Crippen molar-refractivity contribution in [3.63, 3.8) is 0 Å². The van der Waals surface area contributed by atoms with E-state index in [1.54, 1.807) is 78.8 Å². The molecule has 0 spiro atoms. The lowest BCUT2D eigenvalue weighted by molar-refractivity contribution is -0.155. The molecule has 0 saturated carbocycles. The highest BCUT2D eigenvalue weighted by molar-refractivity contribution is 5.95. The predicted molar refractivity (Wildman–Crippen MR) is 299 cm³/mol. The van der Waals surface area contributed by atoms with Crippen molar-refractivity contribution in [1.82, 2.24) is 36.9 Å². The van der Waals surface area contributed by atoms with E-state index in [1.807, 2.05) is 39.8 Å². The molecule has 0 radical (unpaired) electrons. The van der Waals surface area contributed by atoms with Crippen molar-refractivity contribution in [1.29, 1.82) is 0 Å². The third-order valence-electron chi connectivity index (χ3n) is 12.4. The summed E-state index contributed by atoms with van der Waals surface area (Å²) >= 11 is 0. The van der Waals surface area contributed by atoms with Gasteiger partial charge in [-0.3, -0.25) is 38.4 Å². The number of nitrogens with one attached hydrogen (secondary N) is 6. The number of nitrogens with zero attached hydrogens (tertiary/aromatic N) is 1. The number of pyridine rings is 1. The fourth-order valence-electron chi connectivity index (χ4n) is 8.23. The summed E-state index contributed by atoms with van der Waals surface area (Å²) in [5, 5.41) is 27.0. The number of hydrogen-bond acceptors (Lipinski definition) is 15. The summed E-state index contributed by atoms with van der Waals surface area (Å²) in [4.78, 5) is 123. The Kier molecular flexibility index (Phi) is 27.1. The molecule has 0 bridgehead atoms. The Morgan fingerprint density at radius 1 is 0.600 bits per heavy atom. The normalized spacial score (nSPS) is 13.8. The lowest BCUT2D eigenvalue weighted by Crippen LogP contribution is -2.57. The first-order chi connectivity index (χ1) is 37.5. The van der Waals surface area contributed by atoms with Crippen LogP contribution in [0.5, 0.6) is 17.4 Å². The molecule has 0 aliphatic rings. The summed E-state index contributed by atoms with van der Waals surface area (Å²) in [6.07, 6.45) is 0.581. The SMILES string of the molecule is COC(=O)[C@@H](NC(=O)[C@H](CC(C)C)NC(=O)[C@@H](NC(=O)CCCOc1ccc2ccc(OCCCC(=O)N[C@@H](Cc3ccc(O)cc3)C(=O)N[C@@H](CCC(=O)OC(C)(C)C)C(=O)N[C@@H](CC(C)C)C(N)=O)cc2n1)C(C)C)C(C)C. The number of hydrogen-bond donors (Lipinski definition) is 8. The number of amides is 7. The summed E-state index contributed by atoms with van der Waals surface area (Å²) in [5.41, 5.74) is 5.93. The predicted octanol–water partition coefficient (Wildman–Crippen LogP) is 4.59. The van der Waals surface area contributed by atoms with E-state index in [1.165, 1.54) is 19.2 Å². The molecule has 2 aromatic carbocycles. The van der Waals surface area contributed by atoms with E-state index in [9.17, 15) is 48.3 Å². The Labute approximate surface area is 469 Å². The van der Waals surface area contributed by atoms with Gasteiger partial charge in [0.2, 0.25) is 47.2 Å². The first-order valence-corrected chi connectivity index (χ1v) is 27.4. The second-order valence-electron chi connectivity index (χ2n) is 22.4. The molecule has 3 rings (SSSR count). The van der Waals surface area contributed by atoms with E-state index in [-0.39, 0.29) is 93.5 Å². The molecule has 0 aliphatic carbocycles. The first kappa shape index (κ1) is 66.8. The van der Waals surface area contributed by atoms with E-state index in [2.05, 4.69) is 36.9 Å². The van der Waals surface area contributed by atoms with E-state index in [4.69, 9.17) is 24.7 Å². The third-order valence-corrected chi connectivity index (χ3v) is 12.4. The molecule has 1 heterocycles. The molecule has 442 valence electrons.